The lowest BCUT2D eigenvalue weighted by atomic mass is 10.2. The van der Waals surface area contributed by atoms with Crippen molar-refractivity contribution in [2.24, 2.45) is 5.92 Å². The van der Waals surface area contributed by atoms with Gasteiger partial charge in [-0.25, -0.2) is 14.1 Å². The van der Waals surface area contributed by atoms with Crippen LogP contribution in [-0.2, 0) is 6.54 Å². The fraction of sp³-hybridized carbons (Fsp3) is 0.273. The van der Waals surface area contributed by atoms with Gasteiger partial charge in [-0.2, -0.15) is 5.10 Å². The number of aromatic nitrogens is 3. The van der Waals surface area contributed by atoms with Gasteiger partial charge in [0.05, 0.1) is 24.1 Å². The van der Waals surface area contributed by atoms with Gasteiger partial charge in [0.25, 0.3) is 0 Å². The van der Waals surface area contributed by atoms with Crippen LogP contribution in [0.2, 0.25) is 0 Å². The summed E-state index contributed by atoms with van der Waals surface area (Å²) in [5.41, 5.74) is 4.48. The van der Waals surface area contributed by atoms with Gasteiger partial charge in [-0.1, -0.05) is 19.6 Å². The lowest BCUT2D eigenvalue weighted by Gasteiger charge is -2.20. The van der Waals surface area contributed by atoms with Gasteiger partial charge < -0.3 is 9.80 Å². The fourth-order valence-corrected chi connectivity index (χ4v) is 4.03. The van der Waals surface area contributed by atoms with Crippen molar-refractivity contribution < 1.29 is 4.39 Å². The third kappa shape index (κ3) is 2.85. The van der Waals surface area contributed by atoms with Crippen molar-refractivity contribution in [3.63, 3.8) is 0 Å². The van der Waals surface area contributed by atoms with E-state index in [4.69, 9.17) is 5.10 Å². The highest BCUT2D eigenvalue weighted by atomic mass is 19.1. The van der Waals surface area contributed by atoms with Crippen molar-refractivity contribution in [2.75, 3.05) is 22.9 Å². The molecular formula is C22H22FN5. The van der Waals surface area contributed by atoms with E-state index < -0.39 is 0 Å². The topological polar surface area (TPSA) is 37.2 Å². The number of hydrogen-bond acceptors (Lipinski definition) is 4. The summed E-state index contributed by atoms with van der Waals surface area (Å²) in [6.45, 7) is 9.19. The maximum Gasteiger partial charge on any atom is 0.128 e. The van der Waals surface area contributed by atoms with E-state index in [9.17, 15) is 4.39 Å². The summed E-state index contributed by atoms with van der Waals surface area (Å²) in [5.74, 6) is 1.50. The molecule has 0 bridgehead atoms. The molecule has 0 radical (unpaired) electrons. The van der Waals surface area contributed by atoms with Crippen LogP contribution in [0.3, 0.4) is 0 Å². The van der Waals surface area contributed by atoms with Crippen molar-refractivity contribution in [1.29, 1.82) is 0 Å². The van der Waals surface area contributed by atoms with Gasteiger partial charge >= 0.3 is 0 Å². The van der Waals surface area contributed by atoms with Gasteiger partial charge in [0.15, 0.2) is 0 Å². The molecule has 1 atom stereocenters. The molecule has 1 saturated heterocycles. The van der Waals surface area contributed by atoms with Crippen LogP contribution in [-0.4, -0.2) is 27.9 Å². The molecule has 1 aromatic carbocycles. The minimum atomic E-state index is -0.251. The summed E-state index contributed by atoms with van der Waals surface area (Å²) in [6, 6.07) is 10.7. The highest BCUT2D eigenvalue weighted by Crippen LogP contribution is 2.35. The number of anilines is 2. The fourth-order valence-electron chi connectivity index (χ4n) is 4.03. The molecule has 0 aliphatic carbocycles. The minimum absolute atomic E-state index is 0.251. The molecule has 5 rings (SSSR count). The first-order valence-electron chi connectivity index (χ1n) is 9.61. The summed E-state index contributed by atoms with van der Waals surface area (Å²) in [5, 5.41) is 4.72. The zero-order valence-corrected chi connectivity index (χ0v) is 15.8. The average Bonchev–Trinajstić information content (AvgIpc) is 3.38. The summed E-state index contributed by atoms with van der Waals surface area (Å²) < 4.78 is 15.4. The molecule has 0 spiro atoms. The van der Waals surface area contributed by atoms with Crippen LogP contribution in [0.4, 0.5) is 15.9 Å². The van der Waals surface area contributed by atoms with Gasteiger partial charge in [-0.3, -0.25) is 0 Å². The lowest BCUT2D eigenvalue weighted by molar-refractivity contribution is 0.627. The van der Waals surface area contributed by atoms with Crippen LogP contribution in [0, 0.1) is 11.7 Å². The Morgan fingerprint density at radius 3 is 2.75 bits per heavy atom. The predicted molar refractivity (Wildman–Crippen MR) is 109 cm³/mol. The molecule has 0 saturated carbocycles. The molecule has 5 nitrogen and oxygen atoms in total. The maximum absolute atomic E-state index is 13.6. The van der Waals surface area contributed by atoms with Crippen LogP contribution < -0.4 is 9.80 Å². The Kier molecular flexibility index (Phi) is 3.93. The zero-order valence-electron chi connectivity index (χ0n) is 15.8. The normalized spacial score (nSPS) is 18.8. The molecule has 6 heteroatoms. The van der Waals surface area contributed by atoms with E-state index in [1.807, 2.05) is 28.0 Å². The molecule has 2 aliphatic rings. The SMILES string of the molecule is C=C1c2cn(-c3ccc(N4CC[C@H](C)C4)nc3)nc2CN1c1cccc(F)c1. The van der Waals surface area contributed by atoms with Crippen LogP contribution in [0.1, 0.15) is 24.6 Å². The lowest BCUT2D eigenvalue weighted by Crippen LogP contribution is -2.20. The van der Waals surface area contributed by atoms with E-state index in [1.54, 1.807) is 6.07 Å². The van der Waals surface area contributed by atoms with E-state index in [2.05, 4.69) is 35.5 Å². The second kappa shape index (κ2) is 6.48. The first kappa shape index (κ1) is 17.0. The molecule has 0 unspecified atom stereocenters. The first-order valence-corrected chi connectivity index (χ1v) is 9.61. The van der Waals surface area contributed by atoms with Gasteiger partial charge in [0, 0.05) is 36.2 Å². The smallest absolute Gasteiger partial charge is 0.128 e. The molecule has 142 valence electrons. The number of fused-ring (bicyclic) bond motifs is 1. The quantitative estimate of drug-likeness (QED) is 0.686. The third-order valence-electron chi connectivity index (χ3n) is 5.60. The van der Waals surface area contributed by atoms with Crippen molar-refractivity contribution in [1.82, 2.24) is 14.8 Å². The van der Waals surface area contributed by atoms with Gasteiger partial charge in [0.1, 0.15) is 11.6 Å². The molecule has 0 N–H and O–H groups in total. The van der Waals surface area contributed by atoms with Gasteiger partial charge in [-0.05, 0) is 42.7 Å². The zero-order chi connectivity index (χ0) is 19.3. The molecule has 2 aliphatic heterocycles. The highest BCUT2D eigenvalue weighted by Gasteiger charge is 2.27. The number of hydrogen-bond donors (Lipinski definition) is 0. The second-order valence-corrected chi connectivity index (χ2v) is 7.66. The van der Waals surface area contributed by atoms with Crippen molar-refractivity contribution in [3.05, 3.63) is 72.4 Å². The van der Waals surface area contributed by atoms with E-state index in [1.165, 1.54) is 18.6 Å². The average molecular weight is 375 g/mol. The van der Waals surface area contributed by atoms with Gasteiger partial charge in [0.2, 0.25) is 0 Å². The minimum Gasteiger partial charge on any atom is -0.356 e. The van der Waals surface area contributed by atoms with Crippen molar-refractivity contribution >= 4 is 17.2 Å². The van der Waals surface area contributed by atoms with Crippen molar-refractivity contribution in [3.8, 4) is 5.69 Å². The molecule has 1 fully saturated rings. The Morgan fingerprint density at radius 2 is 2.07 bits per heavy atom. The highest BCUT2D eigenvalue weighted by molar-refractivity contribution is 5.82. The Labute approximate surface area is 163 Å². The molecule has 2 aromatic heterocycles. The molecule has 3 aromatic rings. The van der Waals surface area contributed by atoms with E-state index in [0.29, 0.717) is 6.54 Å². The standard InChI is InChI=1S/C22H22FN5/c1-15-8-9-26(12-15)22-7-6-19(11-24-22)28-13-20-16(2)27(14-21(20)25-28)18-5-3-4-17(23)10-18/h3-7,10-11,13,15H,2,8-9,12,14H2,1H3/t15-/m0/s1. The summed E-state index contributed by atoms with van der Waals surface area (Å²) in [4.78, 5) is 8.95. The van der Waals surface area contributed by atoms with Crippen LogP contribution in [0.15, 0.2) is 55.4 Å². The van der Waals surface area contributed by atoms with Crippen LogP contribution in [0.25, 0.3) is 11.4 Å². The number of pyridine rings is 1. The molecule has 4 heterocycles. The molecule has 0 amide bonds. The Balaban J connectivity index is 1.37. The summed E-state index contributed by atoms with van der Waals surface area (Å²) in [7, 11) is 0. The molecule has 28 heavy (non-hydrogen) atoms. The van der Waals surface area contributed by atoms with E-state index >= 15 is 0 Å². The first-order chi connectivity index (χ1) is 13.6. The number of benzene rings is 1. The van der Waals surface area contributed by atoms with Crippen molar-refractivity contribution in [2.45, 2.75) is 19.9 Å². The third-order valence-corrected chi connectivity index (χ3v) is 5.60. The summed E-state index contributed by atoms with van der Waals surface area (Å²) in [6.07, 6.45) is 5.07. The number of halogens is 1. The predicted octanol–water partition coefficient (Wildman–Crippen LogP) is 4.24. The van der Waals surface area contributed by atoms with Gasteiger partial charge in [-0.15, -0.1) is 0 Å². The Hall–Kier alpha value is -3.15. The number of nitrogens with zero attached hydrogens (tertiary/aromatic N) is 5. The number of rotatable bonds is 3. The Morgan fingerprint density at radius 1 is 1.18 bits per heavy atom. The van der Waals surface area contributed by atoms with E-state index in [0.717, 1.165) is 53.2 Å². The second-order valence-electron chi connectivity index (χ2n) is 7.66. The van der Waals surface area contributed by atoms with Crippen LogP contribution in [0.5, 0.6) is 0 Å². The summed E-state index contributed by atoms with van der Waals surface area (Å²) >= 11 is 0. The largest absolute Gasteiger partial charge is 0.356 e. The molecular weight excluding hydrogens is 353 g/mol. The van der Waals surface area contributed by atoms with E-state index in [-0.39, 0.29) is 5.82 Å². The van der Waals surface area contributed by atoms with Crippen LogP contribution >= 0.6 is 0 Å². The monoisotopic (exact) mass is 375 g/mol. The maximum atomic E-state index is 13.6. The Bertz CT molecular complexity index is 1040.